The van der Waals surface area contributed by atoms with Crippen LogP contribution < -0.4 is 10.9 Å². The predicted octanol–water partition coefficient (Wildman–Crippen LogP) is 3.08. The number of carbonyl (C=O) groups excluding carboxylic acids is 1. The maximum absolute atomic E-state index is 13.1. The Morgan fingerprint density at radius 2 is 1.63 bits per heavy atom. The Labute approximate surface area is 174 Å². The van der Waals surface area contributed by atoms with E-state index in [1.54, 1.807) is 11.6 Å². The molecule has 0 aliphatic carbocycles. The molecule has 0 unspecified atom stereocenters. The molecule has 0 saturated heterocycles. The zero-order valence-corrected chi connectivity index (χ0v) is 17.2. The van der Waals surface area contributed by atoms with Gasteiger partial charge in [-0.15, -0.1) is 0 Å². The summed E-state index contributed by atoms with van der Waals surface area (Å²) >= 11 is 0. The first-order valence-corrected chi connectivity index (χ1v) is 9.83. The van der Waals surface area contributed by atoms with Crippen LogP contribution in [0.3, 0.4) is 0 Å². The van der Waals surface area contributed by atoms with Crippen molar-refractivity contribution in [3.63, 3.8) is 0 Å². The second kappa shape index (κ2) is 7.94. The lowest BCUT2D eigenvalue weighted by molar-refractivity contribution is -0.124. The first-order valence-electron chi connectivity index (χ1n) is 9.83. The van der Waals surface area contributed by atoms with E-state index in [2.05, 4.69) is 15.5 Å². The topological polar surface area (TPSA) is 81.8 Å². The Kier molecular flexibility index (Phi) is 5.18. The van der Waals surface area contributed by atoms with Crippen LogP contribution in [-0.2, 0) is 11.3 Å². The number of aromatic nitrogens is 4. The van der Waals surface area contributed by atoms with Gasteiger partial charge in [0.15, 0.2) is 5.52 Å². The predicted molar refractivity (Wildman–Crippen MR) is 116 cm³/mol. The van der Waals surface area contributed by atoms with Crippen molar-refractivity contribution in [1.29, 1.82) is 0 Å². The average molecular weight is 401 g/mol. The summed E-state index contributed by atoms with van der Waals surface area (Å²) in [4.78, 5) is 25.8. The normalized spacial score (nSPS) is 12.1. The van der Waals surface area contributed by atoms with Gasteiger partial charge in [-0.05, 0) is 38.5 Å². The van der Waals surface area contributed by atoms with Gasteiger partial charge in [0.2, 0.25) is 5.91 Å². The van der Waals surface area contributed by atoms with Gasteiger partial charge in [0, 0.05) is 6.54 Å². The van der Waals surface area contributed by atoms with Crippen LogP contribution in [0.1, 0.15) is 29.9 Å². The van der Waals surface area contributed by atoms with Crippen molar-refractivity contribution < 1.29 is 4.79 Å². The van der Waals surface area contributed by atoms with Gasteiger partial charge in [0.1, 0.15) is 6.04 Å². The first-order chi connectivity index (χ1) is 14.5. The number of rotatable bonds is 5. The third kappa shape index (κ3) is 3.50. The fourth-order valence-corrected chi connectivity index (χ4v) is 3.58. The van der Waals surface area contributed by atoms with Crippen molar-refractivity contribution in [1.82, 2.24) is 24.9 Å². The van der Waals surface area contributed by atoms with Crippen LogP contribution >= 0.6 is 0 Å². The lowest BCUT2D eigenvalue weighted by atomic mass is 10.2. The van der Waals surface area contributed by atoms with E-state index < -0.39 is 6.04 Å². The molecule has 2 aromatic carbocycles. The van der Waals surface area contributed by atoms with Crippen LogP contribution in [0.25, 0.3) is 16.6 Å². The van der Waals surface area contributed by atoms with Crippen molar-refractivity contribution >= 4 is 16.8 Å². The van der Waals surface area contributed by atoms with Crippen LogP contribution in [0.2, 0.25) is 0 Å². The Morgan fingerprint density at radius 1 is 1.00 bits per heavy atom. The largest absolute Gasteiger partial charge is 0.350 e. The van der Waals surface area contributed by atoms with Crippen LogP contribution in [0.4, 0.5) is 0 Å². The lowest BCUT2D eigenvalue weighted by Gasteiger charge is -2.15. The zero-order valence-electron chi connectivity index (χ0n) is 17.2. The molecule has 30 heavy (non-hydrogen) atoms. The number of nitrogens with zero attached hydrogens (tertiary/aromatic N) is 4. The minimum absolute atomic E-state index is 0.272. The van der Waals surface area contributed by atoms with Crippen molar-refractivity contribution in [2.24, 2.45) is 0 Å². The molecule has 4 aromatic rings. The van der Waals surface area contributed by atoms with E-state index in [9.17, 15) is 9.59 Å². The summed E-state index contributed by atoms with van der Waals surface area (Å²) in [5.41, 5.74) is 3.29. The second-order valence-corrected chi connectivity index (χ2v) is 7.27. The van der Waals surface area contributed by atoms with Crippen LogP contribution in [0.15, 0.2) is 65.5 Å². The number of benzene rings is 2. The zero-order chi connectivity index (χ0) is 21.3. The van der Waals surface area contributed by atoms with Gasteiger partial charge in [-0.2, -0.15) is 10.2 Å². The molecule has 0 aliphatic rings. The highest BCUT2D eigenvalue weighted by atomic mass is 16.2. The Morgan fingerprint density at radius 3 is 2.30 bits per heavy atom. The van der Waals surface area contributed by atoms with Gasteiger partial charge in [-0.1, -0.05) is 48.5 Å². The molecule has 7 heteroatoms. The highest BCUT2D eigenvalue weighted by Crippen LogP contribution is 2.21. The summed E-state index contributed by atoms with van der Waals surface area (Å²) in [6.45, 7) is 5.80. The summed E-state index contributed by atoms with van der Waals surface area (Å²) in [5, 5.41) is 12.6. The number of nitrogens with one attached hydrogen (secondary N) is 1. The molecule has 0 radical (unpaired) electrons. The minimum atomic E-state index is -0.758. The van der Waals surface area contributed by atoms with Crippen molar-refractivity contribution in [2.45, 2.75) is 33.4 Å². The number of carbonyl (C=O) groups is 1. The monoisotopic (exact) mass is 401 g/mol. The third-order valence-electron chi connectivity index (χ3n) is 5.20. The third-order valence-corrected chi connectivity index (χ3v) is 5.20. The number of para-hydroxylation sites is 1. The number of hydrogen-bond donors (Lipinski definition) is 1. The highest BCUT2D eigenvalue weighted by molar-refractivity contribution is 5.84. The van der Waals surface area contributed by atoms with Gasteiger partial charge < -0.3 is 5.32 Å². The molecule has 1 amide bonds. The number of fused-ring (bicyclic) bond motifs is 1. The molecule has 152 valence electrons. The molecule has 0 spiro atoms. The summed E-state index contributed by atoms with van der Waals surface area (Å²) in [6, 6.07) is 18.5. The van der Waals surface area contributed by atoms with E-state index in [1.165, 1.54) is 4.68 Å². The van der Waals surface area contributed by atoms with Crippen LogP contribution in [-0.4, -0.2) is 25.5 Å². The summed E-state index contributed by atoms with van der Waals surface area (Å²) in [6.07, 6.45) is 0. The summed E-state index contributed by atoms with van der Waals surface area (Å²) in [7, 11) is 0. The smallest absolute Gasteiger partial charge is 0.295 e. The number of hydrogen-bond acceptors (Lipinski definition) is 4. The second-order valence-electron chi connectivity index (χ2n) is 7.27. The quantitative estimate of drug-likeness (QED) is 0.557. The maximum Gasteiger partial charge on any atom is 0.295 e. The Bertz CT molecular complexity index is 1260. The van der Waals surface area contributed by atoms with E-state index >= 15 is 0 Å². The van der Waals surface area contributed by atoms with E-state index in [0.29, 0.717) is 17.8 Å². The minimum Gasteiger partial charge on any atom is -0.350 e. The molecular weight excluding hydrogens is 378 g/mol. The van der Waals surface area contributed by atoms with Gasteiger partial charge in [-0.25, -0.2) is 9.36 Å². The standard InChI is InChI=1S/C23H23N5O2/c1-15-20-16(2)27(19-12-8-5-9-13-19)26-21(20)23(30)28(25-15)17(3)22(29)24-14-18-10-6-4-7-11-18/h4-13,17H,14H2,1-3H3,(H,24,29)/t17-/m0/s1. The SMILES string of the molecule is Cc1nn([C@@H](C)C(=O)NCc2ccccc2)c(=O)c2nn(-c3ccccc3)c(C)c12. The van der Waals surface area contributed by atoms with Crippen LogP contribution in [0, 0.1) is 13.8 Å². The molecule has 1 N–H and O–H groups in total. The molecule has 0 aliphatic heterocycles. The van der Waals surface area contributed by atoms with Crippen LogP contribution in [0.5, 0.6) is 0 Å². The average Bonchev–Trinajstić information content (AvgIpc) is 3.13. The van der Waals surface area contributed by atoms with E-state index in [1.807, 2.05) is 74.5 Å². The van der Waals surface area contributed by atoms with Gasteiger partial charge in [0.05, 0.1) is 22.5 Å². The van der Waals surface area contributed by atoms with Crippen molar-refractivity contribution in [2.75, 3.05) is 0 Å². The lowest BCUT2D eigenvalue weighted by Crippen LogP contribution is -2.37. The van der Waals surface area contributed by atoms with Gasteiger partial charge in [0.25, 0.3) is 5.56 Å². The molecule has 0 bridgehead atoms. The van der Waals surface area contributed by atoms with Crippen molar-refractivity contribution in [3.05, 3.63) is 88.0 Å². The van der Waals surface area contributed by atoms with Gasteiger partial charge >= 0.3 is 0 Å². The van der Waals surface area contributed by atoms with E-state index in [-0.39, 0.29) is 11.5 Å². The van der Waals surface area contributed by atoms with Crippen molar-refractivity contribution in [3.8, 4) is 5.69 Å². The molecule has 4 rings (SSSR count). The Balaban J connectivity index is 1.69. The first kappa shape index (κ1) is 19.6. The fourth-order valence-electron chi connectivity index (χ4n) is 3.58. The van der Waals surface area contributed by atoms with E-state index in [4.69, 9.17) is 0 Å². The maximum atomic E-state index is 13.1. The van der Waals surface area contributed by atoms with Gasteiger partial charge in [-0.3, -0.25) is 9.59 Å². The number of aryl methyl sites for hydroxylation is 2. The molecule has 2 heterocycles. The summed E-state index contributed by atoms with van der Waals surface area (Å²) < 4.78 is 2.96. The summed E-state index contributed by atoms with van der Waals surface area (Å²) in [5.74, 6) is -0.272. The van der Waals surface area contributed by atoms with E-state index in [0.717, 1.165) is 22.3 Å². The molecular formula is C23H23N5O2. The Hall–Kier alpha value is -3.74. The fraction of sp³-hybridized carbons (Fsp3) is 0.217. The molecule has 0 fully saturated rings. The molecule has 1 atom stereocenters. The molecule has 2 aromatic heterocycles. The highest BCUT2D eigenvalue weighted by Gasteiger charge is 2.23. The molecule has 0 saturated carbocycles. The molecule has 7 nitrogen and oxygen atoms in total. The number of amides is 1.